The Balaban J connectivity index is 0.00000289. The number of anilines is 1. The lowest BCUT2D eigenvalue weighted by molar-refractivity contribution is 0.421. The molecule has 0 aliphatic carbocycles. The summed E-state index contributed by atoms with van der Waals surface area (Å²) < 4.78 is 7.16. The summed E-state index contributed by atoms with van der Waals surface area (Å²) in [6, 6.07) is 5.92. The van der Waals surface area contributed by atoms with Crippen LogP contribution in [0.15, 0.2) is 46.3 Å². The Morgan fingerprint density at radius 3 is 3.00 bits per heavy atom. The van der Waals surface area contributed by atoms with Gasteiger partial charge in [-0.2, -0.15) is 10.1 Å². The predicted octanol–water partition coefficient (Wildman–Crippen LogP) is 2.25. The third-order valence-corrected chi connectivity index (χ3v) is 5.12. The average Bonchev–Trinajstić information content (AvgIpc) is 3.44. The zero-order valence-electron chi connectivity index (χ0n) is 18.4. The summed E-state index contributed by atoms with van der Waals surface area (Å²) >= 11 is 0. The fraction of sp³-hybridized carbons (Fsp3) is 0.476. The smallest absolute Gasteiger partial charge is 0.276 e. The van der Waals surface area contributed by atoms with Crippen molar-refractivity contribution in [1.29, 1.82) is 0 Å². The van der Waals surface area contributed by atoms with Gasteiger partial charge >= 0.3 is 0 Å². The van der Waals surface area contributed by atoms with Crippen LogP contribution >= 0.6 is 24.0 Å². The minimum atomic E-state index is 0. The number of halogens is 1. The largest absolute Gasteiger partial charge is 0.367 e. The van der Waals surface area contributed by atoms with Gasteiger partial charge in [-0.1, -0.05) is 11.2 Å². The molecule has 0 spiro atoms. The van der Waals surface area contributed by atoms with Crippen LogP contribution in [0.5, 0.6) is 0 Å². The fourth-order valence-electron chi connectivity index (χ4n) is 3.63. The van der Waals surface area contributed by atoms with E-state index < -0.39 is 0 Å². The first-order valence-electron chi connectivity index (χ1n) is 10.7. The van der Waals surface area contributed by atoms with Gasteiger partial charge in [0.25, 0.3) is 5.89 Å². The van der Waals surface area contributed by atoms with Crippen molar-refractivity contribution in [3.8, 4) is 11.6 Å². The molecule has 11 heteroatoms. The second kappa shape index (κ2) is 11.8. The summed E-state index contributed by atoms with van der Waals surface area (Å²) in [6.07, 6.45) is 8.53. The Hall–Kier alpha value is -2.70. The van der Waals surface area contributed by atoms with Gasteiger partial charge in [0.2, 0.25) is 0 Å². The van der Waals surface area contributed by atoms with E-state index in [4.69, 9.17) is 9.52 Å². The van der Waals surface area contributed by atoms with E-state index in [-0.39, 0.29) is 24.0 Å². The topological polar surface area (TPSA) is 109 Å². The van der Waals surface area contributed by atoms with Crippen LogP contribution in [-0.4, -0.2) is 63.1 Å². The molecule has 2 N–H and O–H groups in total. The number of nitrogens with zero attached hydrogens (tertiary/aromatic N) is 7. The summed E-state index contributed by atoms with van der Waals surface area (Å²) in [7, 11) is 1.95. The van der Waals surface area contributed by atoms with E-state index in [1.54, 1.807) is 6.20 Å². The molecule has 1 unspecified atom stereocenters. The van der Waals surface area contributed by atoms with Gasteiger partial charge in [-0.05, 0) is 31.9 Å². The molecule has 0 amide bonds. The molecule has 0 bridgehead atoms. The van der Waals surface area contributed by atoms with Crippen LogP contribution in [0, 0.1) is 0 Å². The van der Waals surface area contributed by atoms with E-state index in [0.29, 0.717) is 36.4 Å². The third-order valence-electron chi connectivity index (χ3n) is 5.12. The molecule has 3 aromatic heterocycles. The Kier molecular flexibility index (Phi) is 8.82. The Morgan fingerprint density at radius 2 is 2.25 bits per heavy atom. The van der Waals surface area contributed by atoms with Crippen molar-refractivity contribution >= 4 is 35.6 Å². The first-order chi connectivity index (χ1) is 15.2. The molecule has 32 heavy (non-hydrogen) atoms. The molecule has 10 nitrogen and oxygen atoms in total. The molecule has 1 saturated heterocycles. The monoisotopic (exact) mass is 551 g/mol. The van der Waals surface area contributed by atoms with Crippen molar-refractivity contribution in [2.24, 2.45) is 12.0 Å². The maximum atomic E-state index is 5.32. The number of rotatable bonds is 7. The number of hydrogen-bond donors (Lipinski definition) is 2. The summed E-state index contributed by atoms with van der Waals surface area (Å²) in [5.74, 6) is 1.87. The molecule has 1 aliphatic rings. The van der Waals surface area contributed by atoms with Crippen LogP contribution < -0.4 is 15.5 Å². The standard InChI is InChI=1S/C21H29N9O.HI/c1-3-22-21(26-16-7-6-12-30(14-16)17-13-25-29(2)15-17)24-11-9-19-27-20(31-28-19)18-8-4-5-10-23-18;/h4-5,8,10,13,15-16H,3,6-7,9,11-12,14H2,1-2H3,(H2,22,24,26);1H. The third kappa shape index (κ3) is 6.40. The molecular formula is C21H30IN9O. The van der Waals surface area contributed by atoms with Gasteiger partial charge in [-0.25, -0.2) is 0 Å². The first-order valence-corrected chi connectivity index (χ1v) is 10.7. The number of aromatic nitrogens is 5. The average molecular weight is 551 g/mol. The lowest BCUT2D eigenvalue weighted by atomic mass is 10.1. The molecule has 1 aliphatic heterocycles. The van der Waals surface area contributed by atoms with Crippen molar-refractivity contribution in [2.45, 2.75) is 32.2 Å². The minimum Gasteiger partial charge on any atom is -0.367 e. The summed E-state index contributed by atoms with van der Waals surface area (Å²) in [5, 5.41) is 15.3. The molecule has 0 aromatic carbocycles. The summed E-state index contributed by atoms with van der Waals surface area (Å²) in [5.41, 5.74) is 1.84. The van der Waals surface area contributed by atoms with Crippen molar-refractivity contribution in [2.75, 3.05) is 31.1 Å². The lowest BCUT2D eigenvalue weighted by Crippen LogP contribution is -2.51. The highest BCUT2D eigenvalue weighted by atomic mass is 127. The second-order valence-corrected chi connectivity index (χ2v) is 7.54. The molecule has 172 valence electrons. The van der Waals surface area contributed by atoms with Crippen LogP contribution in [0.2, 0.25) is 0 Å². The van der Waals surface area contributed by atoms with E-state index >= 15 is 0 Å². The van der Waals surface area contributed by atoms with Crippen LogP contribution in [-0.2, 0) is 13.5 Å². The Morgan fingerprint density at radius 1 is 1.34 bits per heavy atom. The normalized spacial score (nSPS) is 16.5. The van der Waals surface area contributed by atoms with Crippen molar-refractivity contribution in [3.05, 3.63) is 42.6 Å². The molecule has 3 aromatic rings. The first kappa shape index (κ1) is 24.0. The Labute approximate surface area is 204 Å². The quantitative estimate of drug-likeness (QED) is 0.262. The lowest BCUT2D eigenvalue weighted by Gasteiger charge is -2.34. The van der Waals surface area contributed by atoms with E-state index in [1.165, 1.54) is 0 Å². The zero-order valence-corrected chi connectivity index (χ0v) is 20.8. The van der Waals surface area contributed by atoms with Crippen molar-refractivity contribution in [3.63, 3.8) is 0 Å². The summed E-state index contributed by atoms with van der Waals surface area (Å²) in [6.45, 7) is 5.41. The van der Waals surface area contributed by atoms with E-state index in [0.717, 1.165) is 44.1 Å². The van der Waals surface area contributed by atoms with Gasteiger partial charge < -0.3 is 20.1 Å². The molecular weight excluding hydrogens is 521 g/mol. The fourth-order valence-corrected chi connectivity index (χ4v) is 3.63. The van der Waals surface area contributed by atoms with Crippen LogP contribution in [0.3, 0.4) is 0 Å². The number of guanidine groups is 1. The zero-order chi connectivity index (χ0) is 21.5. The highest BCUT2D eigenvalue weighted by molar-refractivity contribution is 14.0. The highest BCUT2D eigenvalue weighted by Crippen LogP contribution is 2.19. The van der Waals surface area contributed by atoms with Gasteiger partial charge in [0.15, 0.2) is 11.8 Å². The van der Waals surface area contributed by atoms with E-state index in [9.17, 15) is 0 Å². The highest BCUT2D eigenvalue weighted by Gasteiger charge is 2.21. The number of pyridine rings is 1. The number of aryl methyl sites for hydroxylation is 1. The molecule has 0 radical (unpaired) electrons. The maximum Gasteiger partial charge on any atom is 0.276 e. The molecule has 4 heterocycles. The van der Waals surface area contributed by atoms with E-state index in [2.05, 4.69) is 48.9 Å². The number of aliphatic imine (C=N–C) groups is 1. The predicted molar refractivity (Wildman–Crippen MR) is 134 cm³/mol. The number of nitrogens with one attached hydrogen (secondary N) is 2. The Bertz CT molecular complexity index is 988. The molecule has 1 fully saturated rings. The molecule has 0 saturated carbocycles. The van der Waals surface area contributed by atoms with Crippen LogP contribution in [0.1, 0.15) is 25.6 Å². The van der Waals surface area contributed by atoms with Crippen molar-refractivity contribution < 1.29 is 4.52 Å². The van der Waals surface area contributed by atoms with Crippen molar-refractivity contribution in [1.82, 2.24) is 35.5 Å². The number of hydrogen-bond acceptors (Lipinski definition) is 7. The van der Waals surface area contributed by atoms with Gasteiger partial charge in [-0.3, -0.25) is 14.7 Å². The maximum absolute atomic E-state index is 5.32. The van der Waals surface area contributed by atoms with Gasteiger partial charge in [0.05, 0.1) is 11.9 Å². The number of piperidine rings is 1. The minimum absolute atomic E-state index is 0. The van der Waals surface area contributed by atoms with Gasteiger partial charge in [0.1, 0.15) is 5.69 Å². The molecule has 1 atom stereocenters. The second-order valence-electron chi connectivity index (χ2n) is 7.54. The van der Waals surface area contributed by atoms with Gasteiger partial charge in [-0.15, -0.1) is 24.0 Å². The van der Waals surface area contributed by atoms with E-state index in [1.807, 2.05) is 36.1 Å². The van der Waals surface area contributed by atoms with Crippen LogP contribution in [0.4, 0.5) is 5.69 Å². The SMILES string of the molecule is CCNC(=NCCc1noc(-c2ccccn2)n1)NC1CCCN(c2cnn(C)c2)C1.I. The van der Waals surface area contributed by atoms with Crippen LogP contribution in [0.25, 0.3) is 11.6 Å². The van der Waals surface area contributed by atoms with Gasteiger partial charge in [0, 0.05) is 58.1 Å². The summed E-state index contributed by atoms with van der Waals surface area (Å²) in [4.78, 5) is 15.7. The molecule has 4 rings (SSSR count).